The van der Waals surface area contributed by atoms with Gasteiger partial charge in [-0.3, -0.25) is 14.3 Å². The van der Waals surface area contributed by atoms with Crippen molar-refractivity contribution < 1.29 is 22.7 Å². The second kappa shape index (κ2) is 11.4. The summed E-state index contributed by atoms with van der Waals surface area (Å²) in [7, 11) is -3.79. The van der Waals surface area contributed by atoms with E-state index in [-0.39, 0.29) is 16.7 Å². The maximum Gasteiger partial charge on any atom is 0.261 e. The highest BCUT2D eigenvalue weighted by molar-refractivity contribution is 7.92. The van der Waals surface area contributed by atoms with Gasteiger partial charge in [0.05, 0.1) is 11.5 Å². The molecule has 0 spiro atoms. The molecule has 1 saturated heterocycles. The Hall–Kier alpha value is -3.07. The Kier molecular flexibility index (Phi) is 8.55. The van der Waals surface area contributed by atoms with Gasteiger partial charge < -0.3 is 14.5 Å². The van der Waals surface area contributed by atoms with Crippen molar-refractivity contribution in [3.05, 3.63) is 54.1 Å². The van der Waals surface area contributed by atoms with E-state index in [2.05, 4.69) is 18.6 Å². The predicted octanol–water partition coefficient (Wildman–Crippen LogP) is 3.61. The van der Waals surface area contributed by atoms with E-state index in [1.54, 1.807) is 29.2 Å². The second-order valence-corrected chi connectivity index (χ2v) is 10.4. The van der Waals surface area contributed by atoms with Gasteiger partial charge in [-0.15, -0.1) is 0 Å². The highest BCUT2D eigenvalue weighted by Gasteiger charge is 2.25. The number of piperazine rings is 1. The normalized spacial score (nSPS) is 14.2. The molecular formula is C25H33N3O5S. The van der Waals surface area contributed by atoms with Gasteiger partial charge in [-0.1, -0.05) is 13.8 Å². The molecule has 184 valence electrons. The number of carbonyl (C=O) groups excluding carboxylic acids is 2. The first-order valence-electron chi connectivity index (χ1n) is 11.6. The molecule has 3 rings (SSSR count). The van der Waals surface area contributed by atoms with E-state index in [0.717, 1.165) is 6.42 Å². The van der Waals surface area contributed by atoms with Crippen molar-refractivity contribution in [1.29, 1.82) is 0 Å². The molecule has 2 aromatic rings. The number of hydrogen-bond donors (Lipinski definition) is 1. The summed E-state index contributed by atoms with van der Waals surface area (Å²) in [6.07, 6.45) is 1.40. The number of carbonyl (C=O) groups is 2. The van der Waals surface area contributed by atoms with Crippen molar-refractivity contribution in [1.82, 2.24) is 9.80 Å². The molecule has 2 aromatic carbocycles. The number of hydrogen-bond acceptors (Lipinski definition) is 5. The van der Waals surface area contributed by atoms with Crippen LogP contribution in [-0.4, -0.2) is 62.8 Å². The maximum atomic E-state index is 12.9. The lowest BCUT2D eigenvalue weighted by atomic mass is 10.1. The van der Waals surface area contributed by atoms with Crippen LogP contribution in [-0.2, 0) is 14.8 Å². The molecule has 1 N–H and O–H groups in total. The van der Waals surface area contributed by atoms with Crippen LogP contribution in [0.2, 0.25) is 0 Å². The van der Waals surface area contributed by atoms with Gasteiger partial charge in [0.15, 0.2) is 0 Å². The van der Waals surface area contributed by atoms with Gasteiger partial charge in [0.1, 0.15) is 5.75 Å². The second-order valence-electron chi connectivity index (χ2n) is 8.69. The van der Waals surface area contributed by atoms with Crippen molar-refractivity contribution in [3.8, 4) is 5.75 Å². The van der Waals surface area contributed by atoms with Crippen molar-refractivity contribution in [2.24, 2.45) is 5.92 Å². The number of anilines is 1. The minimum Gasteiger partial charge on any atom is -0.494 e. The highest BCUT2D eigenvalue weighted by Crippen LogP contribution is 2.20. The molecule has 8 nitrogen and oxygen atoms in total. The van der Waals surface area contributed by atoms with E-state index < -0.39 is 10.0 Å². The number of amides is 2. The lowest BCUT2D eigenvalue weighted by Gasteiger charge is -2.35. The summed E-state index contributed by atoms with van der Waals surface area (Å²) in [6, 6.07) is 12.6. The molecule has 0 bridgehead atoms. The summed E-state index contributed by atoms with van der Waals surface area (Å²) in [6.45, 7) is 8.55. The zero-order chi connectivity index (χ0) is 24.7. The molecule has 0 unspecified atom stereocenters. The maximum absolute atomic E-state index is 12.9. The van der Waals surface area contributed by atoms with E-state index in [1.165, 1.54) is 24.3 Å². The monoisotopic (exact) mass is 487 g/mol. The predicted molar refractivity (Wildman–Crippen MR) is 131 cm³/mol. The Morgan fingerprint density at radius 3 is 2.09 bits per heavy atom. The Balaban J connectivity index is 1.57. The third-order valence-electron chi connectivity index (χ3n) is 5.68. The number of ether oxygens (including phenoxy) is 1. The molecule has 0 radical (unpaired) electrons. The topological polar surface area (TPSA) is 96.0 Å². The van der Waals surface area contributed by atoms with E-state index in [0.29, 0.717) is 62.1 Å². The molecule has 1 aliphatic rings. The lowest BCUT2D eigenvalue weighted by Crippen LogP contribution is -2.50. The number of rotatable bonds is 9. The van der Waals surface area contributed by atoms with Crippen molar-refractivity contribution in [2.75, 3.05) is 37.5 Å². The Labute approximate surface area is 201 Å². The summed E-state index contributed by atoms with van der Waals surface area (Å²) >= 11 is 0. The zero-order valence-corrected chi connectivity index (χ0v) is 20.8. The fourth-order valence-corrected chi connectivity index (χ4v) is 4.75. The van der Waals surface area contributed by atoms with Gasteiger partial charge in [0.2, 0.25) is 5.91 Å². The molecule has 0 atom stereocenters. The Morgan fingerprint density at radius 1 is 0.941 bits per heavy atom. The number of nitrogens with one attached hydrogen (secondary N) is 1. The van der Waals surface area contributed by atoms with Crippen LogP contribution in [0.3, 0.4) is 0 Å². The molecule has 1 fully saturated rings. The standard InChI is InChI=1S/C25H33N3O5S/c1-4-33-22-10-8-21(9-11-22)26-34(31,32)23-12-6-20(7-13-23)25(30)28-17-15-27(16-18-28)24(29)14-5-19(2)3/h6-13,19,26H,4-5,14-18H2,1-3H3. The number of benzene rings is 2. The van der Waals surface area contributed by atoms with E-state index in [9.17, 15) is 18.0 Å². The summed E-state index contributed by atoms with van der Waals surface area (Å²) in [5.41, 5.74) is 0.837. The molecule has 9 heteroatoms. The van der Waals surface area contributed by atoms with Crippen LogP contribution in [0.1, 0.15) is 44.0 Å². The lowest BCUT2D eigenvalue weighted by molar-refractivity contribution is -0.132. The van der Waals surface area contributed by atoms with Crippen LogP contribution in [0.4, 0.5) is 5.69 Å². The first kappa shape index (κ1) is 25.6. The van der Waals surface area contributed by atoms with E-state index in [4.69, 9.17) is 4.74 Å². The van der Waals surface area contributed by atoms with Crippen LogP contribution in [0.15, 0.2) is 53.4 Å². The van der Waals surface area contributed by atoms with Crippen molar-refractivity contribution >= 4 is 27.5 Å². The fourth-order valence-electron chi connectivity index (χ4n) is 3.69. The molecule has 0 aromatic heterocycles. The molecular weight excluding hydrogens is 454 g/mol. The third kappa shape index (κ3) is 6.72. The number of sulfonamides is 1. The summed E-state index contributed by atoms with van der Waals surface area (Å²) < 4.78 is 33.3. The largest absolute Gasteiger partial charge is 0.494 e. The first-order valence-corrected chi connectivity index (χ1v) is 13.1. The van der Waals surface area contributed by atoms with E-state index in [1.807, 2.05) is 11.8 Å². The molecule has 34 heavy (non-hydrogen) atoms. The van der Waals surface area contributed by atoms with Crippen LogP contribution in [0, 0.1) is 5.92 Å². The average Bonchev–Trinajstić information content (AvgIpc) is 2.83. The summed E-state index contributed by atoms with van der Waals surface area (Å²) in [5.74, 6) is 1.11. The Morgan fingerprint density at radius 2 is 1.53 bits per heavy atom. The van der Waals surface area contributed by atoms with Gasteiger partial charge >= 0.3 is 0 Å². The molecule has 1 heterocycles. The minimum absolute atomic E-state index is 0.0681. The quantitative estimate of drug-likeness (QED) is 0.583. The van der Waals surface area contributed by atoms with Gasteiger partial charge in [-0.2, -0.15) is 0 Å². The highest BCUT2D eigenvalue weighted by atomic mass is 32.2. The molecule has 1 aliphatic heterocycles. The Bertz CT molecular complexity index is 1070. The smallest absolute Gasteiger partial charge is 0.261 e. The molecule has 2 amide bonds. The minimum atomic E-state index is -3.79. The van der Waals surface area contributed by atoms with E-state index >= 15 is 0 Å². The SMILES string of the molecule is CCOc1ccc(NS(=O)(=O)c2ccc(C(=O)N3CCN(C(=O)CCC(C)C)CC3)cc2)cc1. The van der Waals surface area contributed by atoms with Crippen molar-refractivity contribution in [3.63, 3.8) is 0 Å². The van der Waals surface area contributed by atoms with Gasteiger partial charge in [-0.05, 0) is 67.8 Å². The average molecular weight is 488 g/mol. The van der Waals surface area contributed by atoms with Crippen LogP contribution >= 0.6 is 0 Å². The van der Waals surface area contributed by atoms with Gasteiger partial charge in [0.25, 0.3) is 15.9 Å². The third-order valence-corrected chi connectivity index (χ3v) is 7.08. The van der Waals surface area contributed by atoms with Gasteiger partial charge in [0, 0.05) is 43.9 Å². The zero-order valence-electron chi connectivity index (χ0n) is 20.0. The van der Waals surface area contributed by atoms with Crippen LogP contribution < -0.4 is 9.46 Å². The summed E-state index contributed by atoms with van der Waals surface area (Å²) in [5, 5.41) is 0. The first-order chi connectivity index (χ1) is 16.2. The molecule has 0 aliphatic carbocycles. The summed E-state index contributed by atoms with van der Waals surface area (Å²) in [4.78, 5) is 28.8. The van der Waals surface area contributed by atoms with Crippen LogP contribution in [0.25, 0.3) is 0 Å². The fraction of sp³-hybridized carbons (Fsp3) is 0.440. The number of nitrogens with zero attached hydrogens (tertiary/aromatic N) is 2. The van der Waals surface area contributed by atoms with Crippen LogP contribution in [0.5, 0.6) is 5.75 Å². The molecule has 0 saturated carbocycles. The van der Waals surface area contributed by atoms with Gasteiger partial charge in [-0.25, -0.2) is 8.42 Å². The van der Waals surface area contributed by atoms with Crippen molar-refractivity contribution in [2.45, 2.75) is 38.5 Å².